The second kappa shape index (κ2) is 8.31. The van der Waals surface area contributed by atoms with Gasteiger partial charge in [0.25, 0.3) is 0 Å². The maximum Gasteiger partial charge on any atom is 0.306 e. The molecule has 2 aromatic rings. The van der Waals surface area contributed by atoms with Gasteiger partial charge < -0.3 is 25.4 Å². The van der Waals surface area contributed by atoms with Crippen molar-refractivity contribution in [1.82, 2.24) is 14.6 Å². The van der Waals surface area contributed by atoms with Crippen molar-refractivity contribution in [3.63, 3.8) is 0 Å². The molecule has 0 spiro atoms. The number of fused-ring (bicyclic) bond motifs is 1. The standard InChI is InChI=1S/C22H29N5O5/c1-21(2)7-5-13(6-8-21)9-17(28)31-10-15-18(29)19(30)22(11-23,32-15)16-4-3-14-20(24)25-12-26-27(14)16/h3-4,12-13,15,18-19,29-30H,5-10H2,1-2H3,(H2,24,25,26)/t15-,18-,19-,22+/m1/s1. The number of hydrogen-bond donors (Lipinski definition) is 3. The summed E-state index contributed by atoms with van der Waals surface area (Å²) in [6, 6.07) is 5.11. The van der Waals surface area contributed by atoms with E-state index in [0.717, 1.165) is 25.7 Å². The molecule has 4 N–H and O–H groups in total. The van der Waals surface area contributed by atoms with Crippen molar-refractivity contribution in [2.45, 2.75) is 69.9 Å². The number of nitrogens with two attached hydrogens (primary N) is 1. The Bertz CT molecular complexity index is 1040. The van der Waals surface area contributed by atoms with Crippen molar-refractivity contribution in [2.24, 2.45) is 11.3 Å². The van der Waals surface area contributed by atoms with E-state index >= 15 is 0 Å². The number of esters is 1. The van der Waals surface area contributed by atoms with Crippen LogP contribution in [0.3, 0.4) is 0 Å². The highest BCUT2D eigenvalue weighted by atomic mass is 16.6. The molecule has 3 heterocycles. The molecule has 2 aliphatic rings. The Balaban J connectivity index is 1.44. The van der Waals surface area contributed by atoms with Crippen molar-refractivity contribution < 1.29 is 24.5 Å². The minimum absolute atomic E-state index is 0.198. The second-order valence-corrected chi connectivity index (χ2v) is 9.59. The van der Waals surface area contributed by atoms with Crippen molar-refractivity contribution in [3.8, 4) is 6.07 Å². The lowest BCUT2D eigenvalue weighted by Gasteiger charge is -2.33. The number of aliphatic hydroxyl groups excluding tert-OH is 2. The van der Waals surface area contributed by atoms with E-state index in [1.165, 1.54) is 10.8 Å². The van der Waals surface area contributed by atoms with Crippen molar-refractivity contribution in [2.75, 3.05) is 12.3 Å². The fourth-order valence-electron chi connectivity index (χ4n) is 4.68. The monoisotopic (exact) mass is 443 g/mol. The molecule has 2 aromatic heterocycles. The van der Waals surface area contributed by atoms with Crippen LogP contribution in [0, 0.1) is 22.7 Å². The molecular weight excluding hydrogens is 414 g/mol. The highest BCUT2D eigenvalue weighted by molar-refractivity contribution is 5.69. The van der Waals surface area contributed by atoms with Crippen LogP contribution in [0.5, 0.6) is 0 Å². The van der Waals surface area contributed by atoms with Gasteiger partial charge in [0.2, 0.25) is 5.60 Å². The van der Waals surface area contributed by atoms with Crippen LogP contribution in [0.25, 0.3) is 5.52 Å². The third-order valence-corrected chi connectivity index (χ3v) is 6.81. The summed E-state index contributed by atoms with van der Waals surface area (Å²) < 4.78 is 12.5. The van der Waals surface area contributed by atoms with E-state index in [0.29, 0.717) is 17.4 Å². The molecule has 4 rings (SSSR count). The number of aromatic nitrogens is 3. The summed E-state index contributed by atoms with van der Waals surface area (Å²) >= 11 is 0. The number of ether oxygens (including phenoxy) is 2. The number of nitriles is 1. The lowest BCUT2D eigenvalue weighted by atomic mass is 9.72. The predicted molar refractivity (Wildman–Crippen MR) is 113 cm³/mol. The van der Waals surface area contributed by atoms with Gasteiger partial charge in [0.1, 0.15) is 42.8 Å². The minimum Gasteiger partial charge on any atom is -0.463 e. The van der Waals surface area contributed by atoms with Gasteiger partial charge in [0, 0.05) is 6.42 Å². The number of anilines is 1. The third kappa shape index (κ3) is 3.92. The van der Waals surface area contributed by atoms with Crippen LogP contribution in [0.15, 0.2) is 18.5 Å². The van der Waals surface area contributed by atoms with Crippen LogP contribution < -0.4 is 5.73 Å². The van der Waals surface area contributed by atoms with Gasteiger partial charge in [-0.15, -0.1) is 0 Å². The van der Waals surface area contributed by atoms with Crippen molar-refractivity contribution in [3.05, 3.63) is 24.2 Å². The first kappa shape index (κ1) is 22.5. The van der Waals surface area contributed by atoms with Gasteiger partial charge in [-0.25, -0.2) is 9.50 Å². The molecular formula is C22H29N5O5. The maximum atomic E-state index is 12.4. The Morgan fingerprint density at radius 3 is 2.78 bits per heavy atom. The summed E-state index contributed by atoms with van der Waals surface area (Å²) in [5, 5.41) is 35.3. The molecule has 4 atom stereocenters. The average molecular weight is 444 g/mol. The van der Waals surface area contributed by atoms with Gasteiger partial charge >= 0.3 is 5.97 Å². The summed E-state index contributed by atoms with van der Waals surface area (Å²) in [5.74, 6) is 0.109. The highest BCUT2D eigenvalue weighted by Gasteiger charge is 2.57. The summed E-state index contributed by atoms with van der Waals surface area (Å²) in [6.07, 6.45) is 1.57. The van der Waals surface area contributed by atoms with Gasteiger partial charge in [-0.05, 0) is 49.1 Å². The molecule has 32 heavy (non-hydrogen) atoms. The van der Waals surface area contributed by atoms with E-state index in [1.54, 1.807) is 12.1 Å². The summed E-state index contributed by atoms with van der Waals surface area (Å²) in [6.45, 7) is 4.21. The van der Waals surface area contributed by atoms with Crippen LogP contribution in [-0.2, 0) is 19.9 Å². The van der Waals surface area contributed by atoms with Crippen molar-refractivity contribution >= 4 is 17.3 Å². The third-order valence-electron chi connectivity index (χ3n) is 6.81. The van der Waals surface area contributed by atoms with Crippen LogP contribution in [0.4, 0.5) is 5.82 Å². The van der Waals surface area contributed by atoms with Gasteiger partial charge in [-0.1, -0.05) is 13.8 Å². The van der Waals surface area contributed by atoms with Gasteiger partial charge in [0.05, 0.1) is 5.69 Å². The van der Waals surface area contributed by atoms with E-state index in [9.17, 15) is 20.3 Å². The van der Waals surface area contributed by atoms with E-state index < -0.39 is 23.9 Å². The summed E-state index contributed by atoms with van der Waals surface area (Å²) in [4.78, 5) is 16.3. The van der Waals surface area contributed by atoms with Crippen LogP contribution in [-0.4, -0.2) is 55.7 Å². The van der Waals surface area contributed by atoms with Gasteiger partial charge in [-0.3, -0.25) is 4.79 Å². The van der Waals surface area contributed by atoms with Gasteiger partial charge in [-0.2, -0.15) is 10.4 Å². The number of aliphatic hydroxyl groups is 2. The maximum absolute atomic E-state index is 12.4. The van der Waals surface area contributed by atoms with E-state index in [4.69, 9.17) is 15.2 Å². The molecule has 1 aliphatic heterocycles. The number of carbonyl (C=O) groups excluding carboxylic acids is 1. The molecule has 1 aliphatic carbocycles. The number of hydrogen-bond acceptors (Lipinski definition) is 9. The SMILES string of the molecule is CC1(C)CCC(CC(=O)OC[C@H]2O[C@@](C#N)(c3ccc4c(N)ncnn34)[C@H](O)[C@@H]2O)CC1. The fraction of sp³-hybridized carbons (Fsp3) is 0.636. The fourth-order valence-corrected chi connectivity index (χ4v) is 4.68. The molecule has 1 saturated heterocycles. The number of nitrogens with zero attached hydrogens (tertiary/aromatic N) is 4. The first-order valence-electron chi connectivity index (χ1n) is 10.9. The van der Waals surface area contributed by atoms with Crippen molar-refractivity contribution in [1.29, 1.82) is 5.26 Å². The molecule has 10 heteroatoms. The Morgan fingerprint density at radius 1 is 1.38 bits per heavy atom. The Labute approximate surface area is 185 Å². The lowest BCUT2D eigenvalue weighted by Crippen LogP contribution is -2.41. The van der Waals surface area contributed by atoms with Crippen LogP contribution in [0.1, 0.15) is 51.6 Å². The second-order valence-electron chi connectivity index (χ2n) is 9.59. The minimum atomic E-state index is -1.90. The van der Waals surface area contributed by atoms with E-state index in [1.807, 2.05) is 6.07 Å². The van der Waals surface area contributed by atoms with Gasteiger partial charge in [0.15, 0.2) is 5.82 Å². The van der Waals surface area contributed by atoms with E-state index in [2.05, 4.69) is 23.9 Å². The highest BCUT2D eigenvalue weighted by Crippen LogP contribution is 2.41. The Kier molecular flexibility index (Phi) is 5.83. The Morgan fingerprint density at radius 2 is 2.09 bits per heavy atom. The molecule has 172 valence electrons. The normalized spacial score (nSPS) is 30.3. The average Bonchev–Trinajstić information content (AvgIpc) is 3.30. The molecule has 0 amide bonds. The summed E-state index contributed by atoms with van der Waals surface area (Å²) in [5.41, 5.74) is 4.90. The molecule has 0 radical (unpaired) electrons. The predicted octanol–water partition coefficient (Wildman–Crippen LogP) is 1.30. The number of carbonyl (C=O) groups is 1. The first-order chi connectivity index (χ1) is 15.2. The molecule has 0 aromatic carbocycles. The number of nitrogen functional groups attached to an aromatic ring is 1. The Hall–Kier alpha value is -2.74. The quantitative estimate of drug-likeness (QED) is 0.580. The molecule has 2 fully saturated rings. The summed E-state index contributed by atoms with van der Waals surface area (Å²) in [7, 11) is 0. The topological polar surface area (TPSA) is 156 Å². The van der Waals surface area contributed by atoms with Crippen LogP contribution in [0.2, 0.25) is 0 Å². The van der Waals surface area contributed by atoms with Crippen LogP contribution >= 0.6 is 0 Å². The zero-order chi connectivity index (χ0) is 23.1. The van der Waals surface area contributed by atoms with E-state index in [-0.39, 0.29) is 30.0 Å². The molecule has 10 nitrogen and oxygen atoms in total. The smallest absolute Gasteiger partial charge is 0.306 e. The number of rotatable bonds is 5. The largest absolute Gasteiger partial charge is 0.463 e. The zero-order valence-corrected chi connectivity index (χ0v) is 18.3. The first-order valence-corrected chi connectivity index (χ1v) is 10.9. The zero-order valence-electron chi connectivity index (χ0n) is 18.3. The lowest BCUT2D eigenvalue weighted by molar-refractivity contribution is -0.152. The molecule has 0 bridgehead atoms. The molecule has 0 unspecified atom stereocenters. The molecule has 1 saturated carbocycles.